The molecule has 1 aliphatic heterocycles. The van der Waals surface area contributed by atoms with E-state index in [-0.39, 0.29) is 5.60 Å². The lowest BCUT2D eigenvalue weighted by atomic mass is 9.78. The lowest BCUT2D eigenvalue weighted by Crippen LogP contribution is -2.43. The molecule has 0 aromatic rings. The van der Waals surface area contributed by atoms with Gasteiger partial charge in [0.15, 0.2) is 0 Å². The third kappa shape index (κ3) is 2.91. The first-order valence-electron chi connectivity index (χ1n) is 6.55. The highest BCUT2D eigenvalue weighted by Gasteiger charge is 2.38. The first-order chi connectivity index (χ1) is 7.21. The average Bonchev–Trinajstić information content (AvgIpc) is 2.24. The van der Waals surface area contributed by atoms with Crippen LogP contribution in [-0.4, -0.2) is 21.7 Å². The molecule has 15 heavy (non-hydrogen) atoms. The van der Waals surface area contributed by atoms with E-state index >= 15 is 0 Å². The first-order valence-corrected chi connectivity index (χ1v) is 7.59. The molecule has 1 saturated heterocycles. The maximum absolute atomic E-state index is 10.7. The molecule has 0 radical (unpaired) electrons. The van der Waals surface area contributed by atoms with E-state index in [1.54, 1.807) is 0 Å². The Morgan fingerprint density at radius 2 is 1.93 bits per heavy atom. The largest absolute Gasteiger partial charge is 0.389 e. The smallest absolute Gasteiger partial charge is 0.0766 e. The molecule has 1 aliphatic carbocycles. The van der Waals surface area contributed by atoms with Crippen molar-refractivity contribution >= 4 is 11.8 Å². The van der Waals surface area contributed by atoms with E-state index in [0.29, 0.717) is 5.25 Å². The summed E-state index contributed by atoms with van der Waals surface area (Å²) in [5, 5.41) is 11.1. The van der Waals surface area contributed by atoms with Gasteiger partial charge in [0, 0.05) is 5.25 Å². The molecule has 0 amide bonds. The summed E-state index contributed by atoms with van der Waals surface area (Å²) in [5.41, 5.74) is -0.342. The zero-order valence-electron chi connectivity index (χ0n) is 9.87. The van der Waals surface area contributed by atoms with Gasteiger partial charge in [-0.05, 0) is 30.9 Å². The zero-order valence-corrected chi connectivity index (χ0v) is 10.7. The number of hydrogen-bond acceptors (Lipinski definition) is 2. The average molecular weight is 228 g/mol. The van der Waals surface area contributed by atoms with Crippen LogP contribution >= 0.6 is 11.8 Å². The molecule has 0 aromatic heterocycles. The van der Waals surface area contributed by atoms with Crippen LogP contribution in [0.25, 0.3) is 0 Å². The molecule has 2 aliphatic rings. The van der Waals surface area contributed by atoms with Gasteiger partial charge < -0.3 is 5.11 Å². The molecule has 1 N–H and O–H groups in total. The van der Waals surface area contributed by atoms with Crippen molar-refractivity contribution in [3.8, 4) is 0 Å². The Balaban J connectivity index is 1.89. The summed E-state index contributed by atoms with van der Waals surface area (Å²) in [6, 6.07) is 0. The standard InChI is InChI=1S/C13H24OS/c1-11-13(14,8-5-9-15-11)10-12-6-3-2-4-7-12/h11-12,14H,2-10H2,1H3. The van der Waals surface area contributed by atoms with Gasteiger partial charge in [-0.1, -0.05) is 39.0 Å². The Morgan fingerprint density at radius 1 is 1.20 bits per heavy atom. The fourth-order valence-electron chi connectivity index (χ4n) is 3.16. The maximum atomic E-state index is 10.7. The molecule has 0 aromatic carbocycles. The van der Waals surface area contributed by atoms with Gasteiger partial charge in [0.25, 0.3) is 0 Å². The summed E-state index contributed by atoms with van der Waals surface area (Å²) in [7, 11) is 0. The number of thioether (sulfide) groups is 1. The van der Waals surface area contributed by atoms with E-state index < -0.39 is 0 Å². The SMILES string of the molecule is CC1SCCCC1(O)CC1CCCCC1. The van der Waals surface area contributed by atoms with E-state index in [0.717, 1.165) is 18.8 Å². The molecule has 1 nitrogen and oxygen atoms in total. The van der Waals surface area contributed by atoms with Gasteiger partial charge >= 0.3 is 0 Å². The summed E-state index contributed by atoms with van der Waals surface area (Å²) < 4.78 is 0. The van der Waals surface area contributed by atoms with Crippen molar-refractivity contribution in [3.63, 3.8) is 0 Å². The van der Waals surface area contributed by atoms with Crippen molar-refractivity contribution in [2.75, 3.05) is 5.75 Å². The second-order valence-electron chi connectivity index (χ2n) is 5.43. The monoisotopic (exact) mass is 228 g/mol. The fraction of sp³-hybridized carbons (Fsp3) is 1.00. The number of aliphatic hydroxyl groups is 1. The predicted molar refractivity (Wildman–Crippen MR) is 67.3 cm³/mol. The minimum Gasteiger partial charge on any atom is -0.389 e. The molecule has 1 saturated carbocycles. The van der Waals surface area contributed by atoms with Gasteiger partial charge in [-0.3, -0.25) is 0 Å². The van der Waals surface area contributed by atoms with Crippen LogP contribution in [0.3, 0.4) is 0 Å². The van der Waals surface area contributed by atoms with Crippen molar-refractivity contribution in [1.29, 1.82) is 0 Å². The minimum absolute atomic E-state index is 0.342. The quantitative estimate of drug-likeness (QED) is 0.779. The molecule has 2 heteroatoms. The maximum Gasteiger partial charge on any atom is 0.0766 e. The Bertz CT molecular complexity index is 201. The van der Waals surface area contributed by atoms with Crippen molar-refractivity contribution in [3.05, 3.63) is 0 Å². The second-order valence-corrected chi connectivity index (χ2v) is 6.88. The van der Waals surface area contributed by atoms with Crippen LogP contribution in [0.5, 0.6) is 0 Å². The molecule has 2 fully saturated rings. The summed E-state index contributed by atoms with van der Waals surface area (Å²) in [4.78, 5) is 0. The van der Waals surface area contributed by atoms with Crippen LogP contribution in [0, 0.1) is 5.92 Å². The highest BCUT2D eigenvalue weighted by molar-refractivity contribution is 8.00. The van der Waals surface area contributed by atoms with Crippen LogP contribution in [-0.2, 0) is 0 Å². The van der Waals surface area contributed by atoms with Crippen molar-refractivity contribution in [2.45, 2.75) is 69.1 Å². The Labute approximate surface area is 98.0 Å². The third-order valence-corrected chi connectivity index (χ3v) is 5.71. The molecular weight excluding hydrogens is 204 g/mol. The lowest BCUT2D eigenvalue weighted by Gasteiger charge is -2.40. The van der Waals surface area contributed by atoms with Gasteiger partial charge in [-0.15, -0.1) is 0 Å². The fourth-order valence-corrected chi connectivity index (χ4v) is 4.34. The summed E-state index contributed by atoms with van der Waals surface area (Å²) in [5.74, 6) is 2.05. The highest BCUT2D eigenvalue weighted by atomic mass is 32.2. The summed E-state index contributed by atoms with van der Waals surface area (Å²) in [6.45, 7) is 2.21. The molecule has 2 unspecified atom stereocenters. The summed E-state index contributed by atoms with van der Waals surface area (Å²) >= 11 is 1.96. The van der Waals surface area contributed by atoms with Crippen molar-refractivity contribution in [1.82, 2.24) is 0 Å². The van der Waals surface area contributed by atoms with E-state index in [9.17, 15) is 5.11 Å². The van der Waals surface area contributed by atoms with Gasteiger partial charge in [0.2, 0.25) is 0 Å². The van der Waals surface area contributed by atoms with Crippen LogP contribution in [0.1, 0.15) is 58.3 Å². The normalized spacial score (nSPS) is 39.2. The predicted octanol–water partition coefficient (Wildman–Crippen LogP) is 3.60. The van der Waals surface area contributed by atoms with Gasteiger partial charge in [-0.25, -0.2) is 0 Å². The molecule has 88 valence electrons. The number of rotatable bonds is 2. The van der Waals surface area contributed by atoms with Crippen molar-refractivity contribution < 1.29 is 5.11 Å². The van der Waals surface area contributed by atoms with E-state index in [1.807, 2.05) is 11.8 Å². The molecule has 1 heterocycles. The van der Waals surface area contributed by atoms with Crippen molar-refractivity contribution in [2.24, 2.45) is 5.92 Å². The highest BCUT2D eigenvalue weighted by Crippen LogP contribution is 2.41. The van der Waals surface area contributed by atoms with E-state index in [2.05, 4.69) is 6.92 Å². The Kier molecular flexibility index (Phi) is 4.00. The van der Waals surface area contributed by atoms with Gasteiger partial charge in [-0.2, -0.15) is 11.8 Å². The topological polar surface area (TPSA) is 20.2 Å². The van der Waals surface area contributed by atoms with Crippen LogP contribution in [0.2, 0.25) is 0 Å². The molecule has 2 rings (SSSR count). The molecule has 0 spiro atoms. The molecule has 2 atom stereocenters. The van der Waals surface area contributed by atoms with Crippen LogP contribution in [0.15, 0.2) is 0 Å². The summed E-state index contributed by atoms with van der Waals surface area (Å²) in [6.07, 6.45) is 10.2. The van der Waals surface area contributed by atoms with Crippen LogP contribution < -0.4 is 0 Å². The molecule has 0 bridgehead atoms. The first kappa shape index (κ1) is 11.8. The Hall–Kier alpha value is 0.310. The zero-order chi connectivity index (χ0) is 10.7. The van der Waals surface area contributed by atoms with Crippen LogP contribution in [0.4, 0.5) is 0 Å². The Morgan fingerprint density at radius 3 is 2.60 bits per heavy atom. The van der Waals surface area contributed by atoms with Gasteiger partial charge in [0.1, 0.15) is 0 Å². The molecular formula is C13H24OS. The lowest BCUT2D eigenvalue weighted by molar-refractivity contribution is 0.000522. The van der Waals surface area contributed by atoms with E-state index in [4.69, 9.17) is 0 Å². The van der Waals surface area contributed by atoms with Gasteiger partial charge in [0.05, 0.1) is 5.60 Å². The third-order valence-electron chi connectivity index (χ3n) is 4.25. The number of hydrogen-bond donors (Lipinski definition) is 1. The van der Waals surface area contributed by atoms with E-state index in [1.165, 1.54) is 44.3 Å². The minimum atomic E-state index is -0.342. The second kappa shape index (κ2) is 5.09.